The van der Waals surface area contributed by atoms with E-state index in [2.05, 4.69) is 11.1 Å². The molecule has 0 saturated carbocycles. The van der Waals surface area contributed by atoms with Crippen molar-refractivity contribution in [1.29, 1.82) is 0 Å². The van der Waals surface area contributed by atoms with Gasteiger partial charge in [0.05, 0.1) is 6.61 Å². The van der Waals surface area contributed by atoms with Gasteiger partial charge in [0.2, 0.25) is 0 Å². The molecule has 0 heterocycles. The molecule has 0 saturated heterocycles. The van der Waals surface area contributed by atoms with Crippen molar-refractivity contribution in [3.63, 3.8) is 0 Å². The summed E-state index contributed by atoms with van der Waals surface area (Å²) in [6.45, 7) is 2.31. The van der Waals surface area contributed by atoms with Crippen LogP contribution in [0.25, 0.3) is 0 Å². The largest absolute Gasteiger partial charge is 2.00 e. The second kappa shape index (κ2) is 18.2. The van der Waals surface area contributed by atoms with Crippen molar-refractivity contribution in [3.8, 4) is 0 Å². The molecule has 0 aromatic heterocycles. The first kappa shape index (κ1) is 26.0. The molecule has 0 fully saturated rings. The molecule has 0 aliphatic heterocycles. The van der Waals surface area contributed by atoms with Crippen LogP contribution < -0.4 is 29.6 Å². The number of hydrogen-bond acceptors (Lipinski definition) is 3. The average molecular weight is 332 g/mol. The zero-order chi connectivity index (χ0) is 13.0. The predicted molar refractivity (Wildman–Crippen MR) is 78.4 cm³/mol. The summed E-state index contributed by atoms with van der Waals surface area (Å²) in [5.74, 6) is 0. The molecule has 0 rings (SSSR count). The first-order valence-corrected chi connectivity index (χ1v) is 8.04. The van der Waals surface area contributed by atoms with Crippen LogP contribution >= 0.6 is 0 Å². The first-order valence-electron chi connectivity index (χ1n) is 6.68. The Morgan fingerprint density at radius 3 is 1.63 bits per heavy atom. The van der Waals surface area contributed by atoms with Gasteiger partial charge >= 0.3 is 77.7 Å². The molecule has 0 radical (unpaired) electrons. The molecule has 0 aromatic carbocycles. The number of hydrogen-bond donors (Lipinski definition) is 1. The summed E-state index contributed by atoms with van der Waals surface area (Å²) < 4.78 is 33.0. The first-order chi connectivity index (χ1) is 8.06. The van der Waals surface area contributed by atoms with E-state index in [4.69, 9.17) is 4.55 Å². The quantitative estimate of drug-likeness (QED) is 0.324. The average Bonchev–Trinajstić information content (AvgIpc) is 2.24. The molecule has 0 atom stereocenters. The fourth-order valence-corrected chi connectivity index (χ4v) is 2.08. The van der Waals surface area contributed by atoms with Crippen LogP contribution in [0.3, 0.4) is 0 Å². The SMILES string of the molecule is CCCCCCCCCCCCOS(=O)(=O)O.[Ca+2].[H-].[H-].[H-].[Na+]. The van der Waals surface area contributed by atoms with Crippen molar-refractivity contribution in [3.05, 3.63) is 0 Å². The third-order valence-electron chi connectivity index (χ3n) is 2.73. The molecule has 0 aliphatic carbocycles. The van der Waals surface area contributed by atoms with Crippen LogP contribution in [0.5, 0.6) is 0 Å². The summed E-state index contributed by atoms with van der Waals surface area (Å²) in [4.78, 5) is 0. The van der Waals surface area contributed by atoms with E-state index in [-0.39, 0.29) is 78.2 Å². The molecule has 0 bridgehead atoms. The summed E-state index contributed by atoms with van der Waals surface area (Å²) in [7, 11) is -4.23. The molecule has 19 heavy (non-hydrogen) atoms. The van der Waals surface area contributed by atoms with Crippen molar-refractivity contribution >= 4 is 48.1 Å². The van der Waals surface area contributed by atoms with E-state index in [0.29, 0.717) is 6.42 Å². The van der Waals surface area contributed by atoms with Crippen LogP contribution in [0.15, 0.2) is 0 Å². The van der Waals surface area contributed by atoms with Crippen LogP contribution in [-0.2, 0) is 14.6 Å². The number of rotatable bonds is 12. The molecule has 0 aliphatic rings. The van der Waals surface area contributed by atoms with Gasteiger partial charge in [-0.05, 0) is 6.42 Å². The molecule has 4 nitrogen and oxygen atoms in total. The molecule has 0 amide bonds. The van der Waals surface area contributed by atoms with Crippen LogP contribution in [0.4, 0.5) is 0 Å². The van der Waals surface area contributed by atoms with Crippen LogP contribution in [0.1, 0.15) is 75.4 Å². The Labute approximate surface area is 175 Å². The summed E-state index contributed by atoms with van der Waals surface area (Å²) in [5, 5.41) is 0. The van der Waals surface area contributed by atoms with Crippen molar-refractivity contribution in [2.75, 3.05) is 6.61 Å². The summed E-state index contributed by atoms with van der Waals surface area (Å²) in [5.41, 5.74) is 0. The van der Waals surface area contributed by atoms with Gasteiger partial charge in [0.15, 0.2) is 0 Å². The van der Waals surface area contributed by atoms with Gasteiger partial charge in [-0.2, -0.15) is 8.42 Å². The maximum atomic E-state index is 10.2. The molecular weight excluding hydrogens is 303 g/mol. The Balaban J connectivity index is -0.000000128. The molecule has 1 N–H and O–H groups in total. The Hall–Kier alpha value is 2.13. The van der Waals surface area contributed by atoms with Crippen molar-refractivity contribution in [2.24, 2.45) is 0 Å². The van der Waals surface area contributed by atoms with Crippen molar-refractivity contribution in [1.82, 2.24) is 0 Å². The molecule has 7 heteroatoms. The van der Waals surface area contributed by atoms with Gasteiger partial charge in [-0.15, -0.1) is 0 Å². The Morgan fingerprint density at radius 1 is 0.895 bits per heavy atom. The maximum absolute atomic E-state index is 10.2. The predicted octanol–water partition coefficient (Wildman–Crippen LogP) is 0.687. The van der Waals surface area contributed by atoms with E-state index in [1.165, 1.54) is 44.9 Å². The summed E-state index contributed by atoms with van der Waals surface area (Å²) in [6, 6.07) is 0. The van der Waals surface area contributed by atoms with Crippen LogP contribution in [-0.4, -0.2) is 57.3 Å². The summed E-state index contributed by atoms with van der Waals surface area (Å²) in [6.07, 6.45) is 11.9. The minimum atomic E-state index is -4.23. The fraction of sp³-hybridized carbons (Fsp3) is 1.00. The molecule has 0 aromatic rings. The topological polar surface area (TPSA) is 63.6 Å². The zero-order valence-corrected chi connectivity index (χ0v) is 17.6. The smallest absolute Gasteiger partial charge is 1.00 e. The molecule has 0 unspecified atom stereocenters. The standard InChI is InChI=1S/C12H26O4S.Ca.Na.3H/c1-2-3-4-5-6-7-8-9-10-11-12-16-17(13,14)15;;;;;/h2-12H2,1H3,(H,13,14,15);;;;;/q;+2;+1;3*-1. The van der Waals surface area contributed by atoms with Crippen LogP contribution in [0.2, 0.25) is 0 Å². The molecular formula is C12H29CaNaO4S. The third kappa shape index (κ3) is 25.4. The minimum Gasteiger partial charge on any atom is -1.00 e. The van der Waals surface area contributed by atoms with E-state index < -0.39 is 10.4 Å². The van der Waals surface area contributed by atoms with Gasteiger partial charge < -0.3 is 4.28 Å². The monoisotopic (exact) mass is 332 g/mol. The fourth-order valence-electron chi connectivity index (χ4n) is 1.75. The van der Waals surface area contributed by atoms with E-state index >= 15 is 0 Å². The Kier molecular flexibility index (Phi) is 24.9. The van der Waals surface area contributed by atoms with E-state index in [0.717, 1.165) is 12.8 Å². The van der Waals surface area contributed by atoms with Gasteiger partial charge in [-0.3, -0.25) is 4.55 Å². The zero-order valence-electron chi connectivity index (χ0n) is 15.6. The van der Waals surface area contributed by atoms with Crippen LogP contribution in [0, 0.1) is 0 Å². The van der Waals surface area contributed by atoms with Gasteiger partial charge in [0, 0.05) is 0 Å². The van der Waals surface area contributed by atoms with E-state index in [1.807, 2.05) is 0 Å². The number of unbranched alkanes of at least 4 members (excludes halogenated alkanes) is 9. The second-order valence-electron chi connectivity index (χ2n) is 4.43. The Morgan fingerprint density at radius 2 is 1.26 bits per heavy atom. The van der Waals surface area contributed by atoms with Crippen molar-refractivity contribution in [2.45, 2.75) is 71.1 Å². The minimum absolute atomic E-state index is 0. The maximum Gasteiger partial charge on any atom is 2.00 e. The van der Waals surface area contributed by atoms with Gasteiger partial charge in [0.25, 0.3) is 0 Å². The Bertz CT molecular complexity index is 273. The van der Waals surface area contributed by atoms with E-state index in [9.17, 15) is 8.42 Å². The summed E-state index contributed by atoms with van der Waals surface area (Å²) >= 11 is 0. The van der Waals surface area contributed by atoms with Gasteiger partial charge in [-0.1, -0.05) is 64.7 Å². The molecule has 0 spiro atoms. The van der Waals surface area contributed by atoms with Gasteiger partial charge in [0.1, 0.15) is 0 Å². The third-order valence-corrected chi connectivity index (χ3v) is 3.19. The van der Waals surface area contributed by atoms with Crippen molar-refractivity contribution < 1.29 is 51.0 Å². The second-order valence-corrected chi connectivity index (χ2v) is 5.52. The normalized spacial score (nSPS) is 10.6. The molecule has 110 valence electrons. The van der Waals surface area contributed by atoms with E-state index in [1.54, 1.807) is 0 Å². The van der Waals surface area contributed by atoms with Gasteiger partial charge in [-0.25, -0.2) is 4.18 Å².